The van der Waals surface area contributed by atoms with Crippen molar-refractivity contribution in [1.29, 1.82) is 0 Å². The van der Waals surface area contributed by atoms with Gasteiger partial charge in [0.2, 0.25) is 0 Å². The number of oxime groups is 1. The van der Waals surface area contributed by atoms with Crippen molar-refractivity contribution in [3.05, 3.63) is 42.0 Å². The van der Waals surface area contributed by atoms with E-state index < -0.39 is 0 Å². The molecule has 1 aromatic carbocycles. The summed E-state index contributed by atoms with van der Waals surface area (Å²) in [5.41, 5.74) is 2.79. The van der Waals surface area contributed by atoms with Gasteiger partial charge in [-0.15, -0.1) is 0 Å². The van der Waals surface area contributed by atoms with E-state index in [1.54, 1.807) is 0 Å². The molecule has 3 fully saturated rings. The Morgan fingerprint density at radius 3 is 2.62 bits per heavy atom. The van der Waals surface area contributed by atoms with Crippen LogP contribution in [0.4, 0.5) is 0 Å². The highest BCUT2D eigenvalue weighted by molar-refractivity contribution is 5.92. The van der Waals surface area contributed by atoms with E-state index in [0.717, 1.165) is 50.7 Å². The molecule has 0 spiro atoms. The zero-order chi connectivity index (χ0) is 22.3. The standard InChI is InChI=1S/C27H35NO4/c1-26-14-12-20(32-25(29)17-31-19-6-4-3-5-7-19)16-18(26)8-9-21-22-10-11-24(28-30)27(22,2)15-13-23(21)26/h3-8,20-23,30H,9-17H2,1-2H3/t20-,21-,22-,23-,26-,27-/m0/s1. The molecule has 0 saturated heterocycles. The maximum Gasteiger partial charge on any atom is 0.344 e. The molecule has 1 N–H and O–H groups in total. The molecule has 5 rings (SSSR count). The number of carbonyl (C=O) groups excluding carboxylic acids is 1. The minimum Gasteiger partial charge on any atom is -0.482 e. The summed E-state index contributed by atoms with van der Waals surface area (Å²) in [6.45, 7) is 4.73. The van der Waals surface area contributed by atoms with Gasteiger partial charge in [-0.05, 0) is 80.2 Å². The van der Waals surface area contributed by atoms with Crippen LogP contribution in [0.15, 0.2) is 47.1 Å². The van der Waals surface area contributed by atoms with Gasteiger partial charge in [0.15, 0.2) is 6.61 Å². The number of fused-ring (bicyclic) bond motifs is 5. The van der Waals surface area contributed by atoms with Crippen LogP contribution >= 0.6 is 0 Å². The maximum absolute atomic E-state index is 12.4. The van der Waals surface area contributed by atoms with Crippen molar-refractivity contribution in [2.75, 3.05) is 6.61 Å². The number of benzene rings is 1. The normalized spacial score (nSPS) is 39.4. The van der Waals surface area contributed by atoms with Crippen LogP contribution < -0.4 is 4.74 Å². The van der Waals surface area contributed by atoms with E-state index in [2.05, 4.69) is 25.1 Å². The van der Waals surface area contributed by atoms with Crippen LogP contribution in [-0.2, 0) is 9.53 Å². The molecule has 172 valence electrons. The molecule has 0 amide bonds. The smallest absolute Gasteiger partial charge is 0.344 e. The van der Waals surface area contributed by atoms with Crippen molar-refractivity contribution in [3.8, 4) is 5.75 Å². The molecule has 32 heavy (non-hydrogen) atoms. The fourth-order valence-corrected chi connectivity index (χ4v) is 7.56. The molecule has 0 bridgehead atoms. The predicted molar refractivity (Wildman–Crippen MR) is 123 cm³/mol. The van der Waals surface area contributed by atoms with Gasteiger partial charge in [-0.2, -0.15) is 0 Å². The first kappa shape index (κ1) is 21.5. The molecule has 4 aliphatic rings. The summed E-state index contributed by atoms with van der Waals surface area (Å²) in [4.78, 5) is 12.4. The second-order valence-corrected chi connectivity index (χ2v) is 10.8. The number of hydrogen-bond donors (Lipinski definition) is 1. The second-order valence-electron chi connectivity index (χ2n) is 10.8. The molecular weight excluding hydrogens is 402 g/mol. The molecule has 6 atom stereocenters. The fourth-order valence-electron chi connectivity index (χ4n) is 7.56. The highest BCUT2D eigenvalue weighted by Gasteiger charge is 2.58. The molecule has 1 aromatic rings. The monoisotopic (exact) mass is 437 g/mol. The number of rotatable bonds is 4. The fraction of sp³-hybridized carbons (Fsp3) is 0.630. The van der Waals surface area contributed by atoms with E-state index >= 15 is 0 Å². The highest BCUT2D eigenvalue weighted by atomic mass is 16.6. The average molecular weight is 438 g/mol. The van der Waals surface area contributed by atoms with Gasteiger partial charge in [0.25, 0.3) is 0 Å². The van der Waals surface area contributed by atoms with Crippen LogP contribution in [0.5, 0.6) is 5.75 Å². The van der Waals surface area contributed by atoms with Crippen molar-refractivity contribution in [1.82, 2.24) is 0 Å². The van der Waals surface area contributed by atoms with E-state index in [9.17, 15) is 10.0 Å². The Bertz CT molecular complexity index is 925. The Hall–Kier alpha value is -2.30. The Labute approximate surface area is 190 Å². The van der Waals surface area contributed by atoms with E-state index in [4.69, 9.17) is 9.47 Å². The van der Waals surface area contributed by atoms with Crippen LogP contribution in [0.1, 0.15) is 65.2 Å². The van der Waals surface area contributed by atoms with Crippen LogP contribution in [-0.4, -0.2) is 29.6 Å². The van der Waals surface area contributed by atoms with E-state index in [1.807, 2.05) is 30.3 Å². The van der Waals surface area contributed by atoms with Crippen molar-refractivity contribution in [2.24, 2.45) is 33.7 Å². The lowest BCUT2D eigenvalue weighted by Crippen LogP contribution is -2.50. The third-order valence-corrected chi connectivity index (χ3v) is 9.32. The number of hydrogen-bond acceptors (Lipinski definition) is 5. The quantitative estimate of drug-likeness (QED) is 0.281. The Kier molecular flexibility index (Phi) is 5.55. The summed E-state index contributed by atoms with van der Waals surface area (Å²) in [7, 11) is 0. The van der Waals surface area contributed by atoms with Crippen molar-refractivity contribution in [3.63, 3.8) is 0 Å². The lowest BCUT2D eigenvalue weighted by atomic mass is 9.48. The molecule has 0 unspecified atom stereocenters. The predicted octanol–water partition coefficient (Wildman–Crippen LogP) is 5.77. The SMILES string of the molecule is C[C@]12CC[C@H](OC(=O)COc3ccccc3)CC1=CC[C@@H]1[C@@H]2CC[C@]2(C)C(=NO)CC[C@@H]12. The second kappa shape index (κ2) is 8.24. The minimum atomic E-state index is -0.285. The largest absolute Gasteiger partial charge is 0.482 e. The van der Waals surface area contributed by atoms with Gasteiger partial charge < -0.3 is 14.7 Å². The van der Waals surface area contributed by atoms with Gasteiger partial charge >= 0.3 is 5.97 Å². The van der Waals surface area contributed by atoms with Crippen LogP contribution in [0.3, 0.4) is 0 Å². The molecule has 0 aromatic heterocycles. The number of carbonyl (C=O) groups is 1. The maximum atomic E-state index is 12.4. The molecular formula is C27H35NO4. The number of esters is 1. The van der Waals surface area contributed by atoms with Gasteiger partial charge in [0, 0.05) is 11.8 Å². The lowest BCUT2D eigenvalue weighted by molar-refractivity contribution is -0.153. The molecule has 0 heterocycles. The van der Waals surface area contributed by atoms with Gasteiger partial charge in [-0.1, -0.05) is 48.9 Å². The minimum absolute atomic E-state index is 0.0451. The first-order valence-electron chi connectivity index (χ1n) is 12.2. The summed E-state index contributed by atoms with van der Waals surface area (Å²) in [6.07, 6.45) is 10.8. The molecule has 4 aliphatic carbocycles. The van der Waals surface area contributed by atoms with E-state index in [0.29, 0.717) is 23.5 Å². The lowest BCUT2D eigenvalue weighted by Gasteiger charge is -2.57. The number of ether oxygens (including phenoxy) is 2. The van der Waals surface area contributed by atoms with Crippen molar-refractivity contribution >= 4 is 11.7 Å². The highest BCUT2D eigenvalue weighted by Crippen LogP contribution is 2.64. The summed E-state index contributed by atoms with van der Waals surface area (Å²) >= 11 is 0. The van der Waals surface area contributed by atoms with Gasteiger partial charge in [-0.3, -0.25) is 0 Å². The van der Waals surface area contributed by atoms with E-state index in [1.165, 1.54) is 12.0 Å². The zero-order valence-corrected chi connectivity index (χ0v) is 19.3. The first-order valence-corrected chi connectivity index (χ1v) is 12.2. The third kappa shape index (κ3) is 3.54. The molecule has 3 saturated carbocycles. The van der Waals surface area contributed by atoms with Crippen molar-refractivity contribution in [2.45, 2.75) is 71.3 Å². The Morgan fingerprint density at radius 2 is 1.84 bits per heavy atom. The van der Waals surface area contributed by atoms with Gasteiger partial charge in [0.1, 0.15) is 11.9 Å². The van der Waals surface area contributed by atoms with Gasteiger partial charge in [0.05, 0.1) is 5.71 Å². The first-order chi connectivity index (χ1) is 15.4. The van der Waals surface area contributed by atoms with Crippen LogP contribution in [0.25, 0.3) is 0 Å². The van der Waals surface area contributed by atoms with Crippen LogP contribution in [0.2, 0.25) is 0 Å². The Balaban J connectivity index is 1.23. The number of allylic oxidation sites excluding steroid dienone is 1. The summed E-state index contributed by atoms with van der Waals surface area (Å²) in [6, 6.07) is 9.39. The number of nitrogens with zero attached hydrogens (tertiary/aromatic N) is 1. The zero-order valence-electron chi connectivity index (χ0n) is 19.3. The molecule has 0 radical (unpaired) electrons. The van der Waals surface area contributed by atoms with Gasteiger partial charge in [-0.25, -0.2) is 4.79 Å². The molecule has 5 nitrogen and oxygen atoms in total. The van der Waals surface area contributed by atoms with E-state index in [-0.39, 0.29) is 29.5 Å². The topological polar surface area (TPSA) is 68.1 Å². The number of para-hydroxylation sites is 1. The summed E-state index contributed by atoms with van der Waals surface area (Å²) < 4.78 is 11.4. The molecule has 0 aliphatic heterocycles. The van der Waals surface area contributed by atoms with Crippen LogP contribution in [0, 0.1) is 28.6 Å². The molecule has 5 heteroatoms. The average Bonchev–Trinajstić information content (AvgIpc) is 3.15. The van der Waals surface area contributed by atoms with Crippen molar-refractivity contribution < 1.29 is 19.5 Å². The summed E-state index contributed by atoms with van der Waals surface area (Å²) in [5, 5.41) is 13.2. The third-order valence-electron chi connectivity index (χ3n) is 9.32. The Morgan fingerprint density at radius 1 is 1.09 bits per heavy atom. The summed E-state index contributed by atoms with van der Waals surface area (Å²) in [5.74, 6) is 2.36.